The van der Waals surface area contributed by atoms with Gasteiger partial charge in [0, 0.05) is 92.4 Å². The molecule has 2 aliphatic heterocycles. The Labute approximate surface area is 236 Å². The molecule has 0 spiro atoms. The van der Waals surface area contributed by atoms with Crippen molar-refractivity contribution in [3.05, 3.63) is 101 Å². The van der Waals surface area contributed by atoms with Crippen molar-refractivity contribution in [2.45, 2.75) is 19.9 Å². The summed E-state index contributed by atoms with van der Waals surface area (Å²) in [5, 5.41) is 3.36. The lowest BCUT2D eigenvalue weighted by molar-refractivity contribution is 0.230. The summed E-state index contributed by atoms with van der Waals surface area (Å²) in [6.07, 6.45) is 2.22. The summed E-state index contributed by atoms with van der Waals surface area (Å²) in [4.78, 5) is 4.26. The van der Waals surface area contributed by atoms with Crippen molar-refractivity contribution in [1.82, 2.24) is 19.1 Å². The molecule has 0 aliphatic carbocycles. The highest BCUT2D eigenvalue weighted by Crippen LogP contribution is 2.42. The largest absolute Gasteiger partial charge is 0.350 e. The molecule has 3 aromatic rings. The predicted octanol–water partition coefficient (Wildman–Crippen LogP) is 6.53. The van der Waals surface area contributed by atoms with Gasteiger partial charge in [-0.15, -0.1) is 3.89 Å². The van der Waals surface area contributed by atoms with Crippen LogP contribution in [0.25, 0.3) is 11.3 Å². The SMILES string of the molecule is C=C1c2cc(CN3CCNCC3)n(SF)c2C(c2cc(NSCC)ccc2Cc2ccc(F)cc2F)=CN1C. The second-order valence-corrected chi connectivity index (χ2v) is 11.3. The first-order valence-corrected chi connectivity index (χ1v) is 14.6. The van der Waals surface area contributed by atoms with Crippen LogP contribution in [-0.2, 0) is 13.0 Å². The van der Waals surface area contributed by atoms with Crippen LogP contribution in [0.3, 0.4) is 0 Å². The van der Waals surface area contributed by atoms with Gasteiger partial charge in [0.25, 0.3) is 0 Å². The summed E-state index contributed by atoms with van der Waals surface area (Å²) < 4.78 is 48.0. The standard InChI is InChI=1S/C29H32F3N5S2/c1-4-38-34-23-8-6-20(13-21-5-7-22(30)14-28(21)31)26(15-23)27-18-35(3)19(2)25-16-24(37(39-32)29(25)27)17-36-11-9-33-10-12-36/h5-8,14-16,18,33-34H,2,4,9-13,17H2,1,3H3. The monoisotopic (exact) mass is 571 g/mol. The zero-order valence-electron chi connectivity index (χ0n) is 22.1. The Morgan fingerprint density at radius 1 is 1.03 bits per heavy atom. The second kappa shape index (κ2) is 12.2. The minimum Gasteiger partial charge on any atom is -0.350 e. The third kappa shape index (κ3) is 5.89. The van der Waals surface area contributed by atoms with Crippen LogP contribution in [0.1, 0.15) is 40.6 Å². The van der Waals surface area contributed by atoms with Gasteiger partial charge in [0.2, 0.25) is 0 Å². The van der Waals surface area contributed by atoms with Crippen molar-refractivity contribution in [2.75, 3.05) is 43.7 Å². The Balaban J connectivity index is 1.62. The molecule has 0 atom stereocenters. The lowest BCUT2D eigenvalue weighted by atomic mass is 9.90. The number of halogens is 3. The molecular weight excluding hydrogens is 539 g/mol. The maximum Gasteiger partial charge on any atom is 0.170 e. The van der Waals surface area contributed by atoms with E-state index in [1.54, 1.807) is 15.9 Å². The van der Waals surface area contributed by atoms with E-state index >= 15 is 0 Å². The van der Waals surface area contributed by atoms with Crippen LogP contribution in [0.15, 0.2) is 55.2 Å². The molecule has 206 valence electrons. The molecule has 5 rings (SSSR count). The Morgan fingerprint density at radius 3 is 2.51 bits per heavy atom. The Morgan fingerprint density at radius 2 is 1.79 bits per heavy atom. The summed E-state index contributed by atoms with van der Waals surface area (Å²) >= 11 is 1.76. The third-order valence-corrected chi connectivity index (χ3v) is 8.36. The van der Waals surface area contributed by atoms with Gasteiger partial charge in [0.05, 0.1) is 5.69 Å². The summed E-state index contributed by atoms with van der Waals surface area (Å²) in [6.45, 7) is 10.6. The van der Waals surface area contributed by atoms with Gasteiger partial charge >= 0.3 is 0 Å². The molecule has 0 unspecified atom stereocenters. The van der Waals surface area contributed by atoms with E-state index in [4.69, 9.17) is 0 Å². The topological polar surface area (TPSA) is 35.5 Å². The van der Waals surface area contributed by atoms with Gasteiger partial charge in [-0.05, 0) is 41.0 Å². The normalized spacial score (nSPS) is 15.9. The summed E-state index contributed by atoms with van der Waals surface area (Å²) in [5.74, 6) is -0.319. The van der Waals surface area contributed by atoms with Gasteiger partial charge in [-0.1, -0.05) is 37.6 Å². The number of anilines is 1. The zero-order valence-corrected chi connectivity index (χ0v) is 23.7. The van der Waals surface area contributed by atoms with Crippen LogP contribution in [0.2, 0.25) is 0 Å². The van der Waals surface area contributed by atoms with Gasteiger partial charge in [0.1, 0.15) is 11.6 Å². The fourth-order valence-electron chi connectivity index (χ4n) is 5.10. The highest BCUT2D eigenvalue weighted by molar-refractivity contribution is 8.00. The maximum atomic E-state index is 14.7. The number of hydrogen-bond donors (Lipinski definition) is 2. The number of fused-ring (bicyclic) bond motifs is 1. The zero-order chi connectivity index (χ0) is 27.5. The predicted molar refractivity (Wildman–Crippen MR) is 158 cm³/mol. The van der Waals surface area contributed by atoms with E-state index in [0.717, 1.165) is 83.0 Å². The van der Waals surface area contributed by atoms with Crippen molar-refractivity contribution in [2.24, 2.45) is 0 Å². The first-order valence-electron chi connectivity index (χ1n) is 13.0. The Hall–Kier alpha value is -2.79. The number of nitrogens with zero attached hydrogens (tertiary/aromatic N) is 3. The van der Waals surface area contributed by atoms with E-state index in [1.165, 1.54) is 12.1 Å². The van der Waals surface area contributed by atoms with Crippen LogP contribution >= 0.6 is 24.3 Å². The molecule has 5 nitrogen and oxygen atoms in total. The third-order valence-electron chi connectivity index (χ3n) is 7.14. The number of hydrogen-bond acceptors (Lipinski definition) is 6. The Kier molecular flexibility index (Phi) is 8.66. The summed E-state index contributed by atoms with van der Waals surface area (Å²) in [5.41, 5.74) is 7.05. The van der Waals surface area contributed by atoms with Crippen molar-refractivity contribution in [1.29, 1.82) is 0 Å². The molecule has 1 aromatic heterocycles. The van der Waals surface area contributed by atoms with Crippen LogP contribution in [0, 0.1) is 11.6 Å². The number of nitrogens with one attached hydrogen (secondary N) is 2. The molecule has 0 saturated carbocycles. The molecule has 2 N–H and O–H groups in total. The van der Waals surface area contributed by atoms with Gasteiger partial charge in [-0.2, -0.15) is 0 Å². The van der Waals surface area contributed by atoms with E-state index in [1.807, 2.05) is 42.4 Å². The molecule has 0 bridgehead atoms. The second-order valence-electron chi connectivity index (χ2n) is 9.71. The average Bonchev–Trinajstić information content (AvgIpc) is 3.30. The molecule has 1 saturated heterocycles. The average molecular weight is 572 g/mol. The van der Waals surface area contributed by atoms with Crippen LogP contribution in [0.5, 0.6) is 0 Å². The molecule has 2 aromatic carbocycles. The first kappa shape index (κ1) is 27.8. The van der Waals surface area contributed by atoms with Crippen molar-refractivity contribution < 1.29 is 12.7 Å². The fourth-order valence-corrected chi connectivity index (χ4v) is 6.00. The summed E-state index contributed by atoms with van der Waals surface area (Å²) in [6, 6.07) is 11.6. The molecule has 10 heteroatoms. The van der Waals surface area contributed by atoms with E-state index in [-0.39, 0.29) is 18.8 Å². The lowest BCUT2D eigenvalue weighted by Gasteiger charge is -2.28. The van der Waals surface area contributed by atoms with Gasteiger partial charge < -0.3 is 14.9 Å². The number of aromatic nitrogens is 1. The van der Waals surface area contributed by atoms with Gasteiger partial charge in [-0.3, -0.25) is 8.87 Å². The minimum atomic E-state index is -0.609. The van der Waals surface area contributed by atoms with E-state index < -0.39 is 11.6 Å². The minimum absolute atomic E-state index is 0.191. The van der Waals surface area contributed by atoms with E-state index in [9.17, 15) is 12.7 Å². The molecule has 0 amide bonds. The smallest absolute Gasteiger partial charge is 0.170 e. The quantitative estimate of drug-likeness (QED) is 0.285. The molecule has 3 heterocycles. The molecule has 39 heavy (non-hydrogen) atoms. The highest BCUT2D eigenvalue weighted by atomic mass is 32.2. The van der Waals surface area contributed by atoms with E-state index in [2.05, 4.69) is 28.4 Å². The van der Waals surface area contributed by atoms with E-state index in [0.29, 0.717) is 12.1 Å². The highest BCUT2D eigenvalue weighted by Gasteiger charge is 2.29. The van der Waals surface area contributed by atoms with Crippen molar-refractivity contribution in [3.63, 3.8) is 0 Å². The molecule has 0 radical (unpaired) electrons. The molecule has 1 fully saturated rings. The maximum absolute atomic E-state index is 14.7. The fraction of sp³-hybridized carbons (Fsp3) is 0.310. The van der Waals surface area contributed by atoms with Gasteiger partial charge in [-0.25, -0.2) is 8.78 Å². The molecular formula is C29H32F3N5S2. The van der Waals surface area contributed by atoms with Crippen molar-refractivity contribution in [3.8, 4) is 0 Å². The molecule has 2 aliphatic rings. The van der Waals surface area contributed by atoms with Crippen LogP contribution in [-0.4, -0.2) is 52.8 Å². The Bertz CT molecular complexity index is 1400. The summed E-state index contributed by atoms with van der Waals surface area (Å²) in [7, 11) is 1.93. The number of piperazine rings is 1. The number of benzene rings is 2. The van der Waals surface area contributed by atoms with Gasteiger partial charge in [0.15, 0.2) is 12.3 Å². The first-order chi connectivity index (χ1) is 18.9. The van der Waals surface area contributed by atoms with Crippen LogP contribution < -0.4 is 10.0 Å². The van der Waals surface area contributed by atoms with Crippen LogP contribution in [0.4, 0.5) is 18.4 Å². The van der Waals surface area contributed by atoms with Crippen molar-refractivity contribution >= 4 is 41.2 Å². The lowest BCUT2D eigenvalue weighted by Crippen LogP contribution is -2.43. The number of rotatable bonds is 9.